The number of rotatable bonds is 12. The molecule has 0 saturated heterocycles. The van der Waals surface area contributed by atoms with Gasteiger partial charge in [0.15, 0.2) is 11.4 Å². The Morgan fingerprint density at radius 2 is 1.62 bits per heavy atom. The number of nitrogens with zero attached hydrogens (tertiary/aromatic N) is 2. The number of aromatic nitrogens is 1. The second kappa shape index (κ2) is 14.2. The maximum Gasteiger partial charge on any atom is 0.274 e. The zero-order valence-electron chi connectivity index (χ0n) is 26.8. The van der Waals surface area contributed by atoms with Crippen molar-refractivity contribution < 1.29 is 35.9 Å². The number of hydrogen-bond donors (Lipinski definition) is 2. The molecule has 0 fully saturated rings. The number of ether oxygens (including phenoxy) is 1. The van der Waals surface area contributed by atoms with Crippen molar-refractivity contribution in [2.75, 3.05) is 31.3 Å². The first-order valence-electron chi connectivity index (χ1n) is 15.1. The summed E-state index contributed by atoms with van der Waals surface area (Å²) < 4.78 is 65.9. The Labute approximate surface area is 276 Å². The van der Waals surface area contributed by atoms with Gasteiger partial charge in [0.2, 0.25) is 10.0 Å². The van der Waals surface area contributed by atoms with E-state index >= 15 is 0 Å². The molecule has 2 amide bonds. The van der Waals surface area contributed by atoms with Crippen LogP contribution in [-0.4, -0.2) is 52.2 Å². The third-order valence-corrected chi connectivity index (χ3v) is 8.87. The van der Waals surface area contributed by atoms with Gasteiger partial charge in [-0.15, -0.1) is 0 Å². The van der Waals surface area contributed by atoms with Gasteiger partial charge in [-0.2, -0.15) is 0 Å². The fourth-order valence-corrected chi connectivity index (χ4v) is 5.51. The van der Waals surface area contributed by atoms with Crippen molar-refractivity contribution in [3.63, 3.8) is 0 Å². The van der Waals surface area contributed by atoms with E-state index in [0.29, 0.717) is 23.1 Å². The van der Waals surface area contributed by atoms with Gasteiger partial charge in [0.25, 0.3) is 11.8 Å². The highest BCUT2D eigenvalue weighted by molar-refractivity contribution is 7.92. The van der Waals surface area contributed by atoms with Gasteiger partial charge in [-0.25, -0.2) is 22.2 Å². The molecule has 0 radical (unpaired) electrons. The molecular formula is C35H34F2N4O6S. The lowest BCUT2D eigenvalue weighted by Gasteiger charge is -2.21. The molecule has 0 aliphatic heterocycles. The second-order valence-corrected chi connectivity index (χ2v) is 13.1. The molecule has 5 aromatic rings. The van der Waals surface area contributed by atoms with Crippen LogP contribution in [0.5, 0.6) is 5.75 Å². The smallest absolute Gasteiger partial charge is 0.274 e. The highest BCUT2D eigenvalue weighted by Gasteiger charge is 2.27. The highest BCUT2D eigenvalue weighted by atomic mass is 32.2. The van der Waals surface area contributed by atoms with Gasteiger partial charge in [-0.3, -0.25) is 13.9 Å². The van der Waals surface area contributed by atoms with Crippen LogP contribution in [0.25, 0.3) is 33.6 Å². The molecule has 0 bridgehead atoms. The minimum Gasteiger partial charge on any atom is -0.491 e. The van der Waals surface area contributed by atoms with Gasteiger partial charge in [-0.05, 0) is 66.6 Å². The Bertz CT molecular complexity index is 2080. The van der Waals surface area contributed by atoms with Crippen molar-refractivity contribution in [1.82, 2.24) is 15.6 Å². The normalized spacial score (nSPS) is 11.4. The number of anilines is 1. The van der Waals surface area contributed by atoms with Gasteiger partial charge >= 0.3 is 0 Å². The highest BCUT2D eigenvalue weighted by Crippen LogP contribution is 2.41. The van der Waals surface area contributed by atoms with E-state index in [0.717, 1.165) is 23.4 Å². The molecule has 48 heavy (non-hydrogen) atoms. The van der Waals surface area contributed by atoms with E-state index in [1.807, 2.05) is 6.92 Å². The van der Waals surface area contributed by atoms with Crippen LogP contribution in [0.4, 0.5) is 14.5 Å². The van der Waals surface area contributed by atoms with Crippen molar-refractivity contribution >= 4 is 38.5 Å². The lowest BCUT2D eigenvalue weighted by molar-refractivity contribution is 0.0938. The average Bonchev–Trinajstić information content (AvgIpc) is 3.45. The zero-order valence-corrected chi connectivity index (χ0v) is 27.6. The lowest BCUT2D eigenvalue weighted by Crippen LogP contribution is -2.26. The summed E-state index contributed by atoms with van der Waals surface area (Å²) in [5, 5.41) is 5.73. The molecule has 10 nitrogen and oxygen atoms in total. The van der Waals surface area contributed by atoms with Crippen LogP contribution in [0, 0.1) is 11.6 Å². The SMILES string of the molecule is CCCCOc1ccc(-c2cc3c(C(=O)NC)c(-c4ccc(F)cc4)oc3cc2N(C)S(C)(=O)=O)nc1C(=O)NCc1ccc(F)cc1. The summed E-state index contributed by atoms with van der Waals surface area (Å²) in [6.07, 6.45) is 2.63. The molecule has 0 atom stereocenters. The number of sulfonamides is 1. The zero-order chi connectivity index (χ0) is 34.6. The number of hydrogen-bond acceptors (Lipinski definition) is 7. The van der Waals surface area contributed by atoms with Crippen LogP contribution < -0.4 is 19.7 Å². The molecule has 5 rings (SSSR count). The monoisotopic (exact) mass is 676 g/mol. The predicted molar refractivity (Wildman–Crippen MR) is 179 cm³/mol. The van der Waals surface area contributed by atoms with Crippen molar-refractivity contribution in [2.24, 2.45) is 0 Å². The second-order valence-electron chi connectivity index (χ2n) is 11.0. The number of carbonyl (C=O) groups excluding carboxylic acids is 2. The first-order valence-corrected chi connectivity index (χ1v) is 17.0. The van der Waals surface area contributed by atoms with Gasteiger partial charge in [0, 0.05) is 43.2 Å². The van der Waals surface area contributed by atoms with Crippen molar-refractivity contribution in [1.29, 1.82) is 0 Å². The van der Waals surface area contributed by atoms with E-state index in [9.17, 15) is 26.8 Å². The summed E-state index contributed by atoms with van der Waals surface area (Å²) in [7, 11) is -0.996. The van der Waals surface area contributed by atoms with Gasteiger partial charge in [0.05, 0.1) is 29.8 Å². The predicted octanol–water partition coefficient (Wildman–Crippen LogP) is 6.30. The third-order valence-electron chi connectivity index (χ3n) is 7.67. The molecule has 2 N–H and O–H groups in total. The number of benzene rings is 3. The maximum atomic E-state index is 13.7. The quantitative estimate of drug-likeness (QED) is 0.148. The van der Waals surface area contributed by atoms with E-state index in [2.05, 4.69) is 15.6 Å². The Morgan fingerprint density at radius 1 is 0.958 bits per heavy atom. The number of nitrogens with one attached hydrogen (secondary N) is 2. The van der Waals surface area contributed by atoms with E-state index in [-0.39, 0.29) is 51.8 Å². The molecule has 13 heteroatoms. The largest absolute Gasteiger partial charge is 0.491 e. The number of halogens is 2. The van der Waals surface area contributed by atoms with Crippen LogP contribution in [0.2, 0.25) is 0 Å². The summed E-state index contributed by atoms with van der Waals surface area (Å²) in [5.41, 5.74) is 2.03. The summed E-state index contributed by atoms with van der Waals surface area (Å²) in [4.78, 5) is 31.4. The molecule has 250 valence electrons. The van der Waals surface area contributed by atoms with Crippen LogP contribution in [0.3, 0.4) is 0 Å². The molecule has 3 aromatic carbocycles. The minimum atomic E-state index is -3.82. The summed E-state index contributed by atoms with van der Waals surface area (Å²) in [6.45, 7) is 2.42. The van der Waals surface area contributed by atoms with E-state index in [1.54, 1.807) is 30.3 Å². The molecule has 0 aliphatic rings. The molecule has 0 aliphatic carbocycles. The van der Waals surface area contributed by atoms with Gasteiger partial charge in [-0.1, -0.05) is 25.5 Å². The van der Waals surface area contributed by atoms with E-state index < -0.39 is 33.5 Å². The molecule has 0 spiro atoms. The van der Waals surface area contributed by atoms with Gasteiger partial charge < -0.3 is 19.8 Å². The van der Waals surface area contributed by atoms with Crippen molar-refractivity contribution in [2.45, 2.75) is 26.3 Å². The van der Waals surface area contributed by atoms with Crippen LogP contribution in [0.15, 0.2) is 77.2 Å². The summed E-state index contributed by atoms with van der Waals surface area (Å²) >= 11 is 0. The minimum absolute atomic E-state index is 0.0514. The Kier molecular flexibility index (Phi) is 10.1. The Hall–Kier alpha value is -5.30. The standard InChI is InChI=1S/C35H34F2N4O6S/c1-5-6-17-46-29-16-15-27(40-32(29)35(43)39-20-21-7-11-23(36)12-8-21)25-18-26-30(19-28(25)41(3)48(4,44)45)47-33(31(26)34(42)38-2)22-9-13-24(37)14-10-22/h7-16,18-19H,5-6,17,20H2,1-4H3,(H,38,42)(H,39,43). The summed E-state index contributed by atoms with van der Waals surface area (Å²) in [6, 6.07) is 17.3. The fourth-order valence-electron chi connectivity index (χ4n) is 5.00. The first-order chi connectivity index (χ1) is 22.9. The van der Waals surface area contributed by atoms with Crippen molar-refractivity contribution in [3.8, 4) is 28.3 Å². The van der Waals surface area contributed by atoms with Crippen LogP contribution >= 0.6 is 0 Å². The van der Waals surface area contributed by atoms with Crippen LogP contribution in [0.1, 0.15) is 46.2 Å². The van der Waals surface area contributed by atoms with Crippen LogP contribution in [-0.2, 0) is 16.6 Å². The van der Waals surface area contributed by atoms with Crippen molar-refractivity contribution in [3.05, 3.63) is 101 Å². The number of unbranched alkanes of at least 4 members (excludes halogenated alkanes) is 1. The molecule has 2 heterocycles. The maximum absolute atomic E-state index is 13.7. The topological polar surface area (TPSA) is 131 Å². The first kappa shape index (κ1) is 34.0. The molecule has 0 saturated carbocycles. The number of pyridine rings is 1. The number of fused-ring (bicyclic) bond motifs is 1. The Morgan fingerprint density at radius 3 is 2.25 bits per heavy atom. The number of furan rings is 1. The Balaban J connectivity index is 1.69. The number of amides is 2. The van der Waals surface area contributed by atoms with Gasteiger partial charge in [0.1, 0.15) is 23.0 Å². The third kappa shape index (κ3) is 7.31. The summed E-state index contributed by atoms with van der Waals surface area (Å²) in [5.74, 6) is -1.56. The van der Waals surface area contributed by atoms with E-state index in [1.165, 1.54) is 56.6 Å². The number of carbonyl (C=O) groups is 2. The molecule has 2 aromatic heterocycles. The van der Waals surface area contributed by atoms with E-state index in [4.69, 9.17) is 9.15 Å². The molecule has 0 unspecified atom stereocenters. The average molecular weight is 677 g/mol. The lowest BCUT2D eigenvalue weighted by atomic mass is 10.0. The molecular weight excluding hydrogens is 642 g/mol. The fraction of sp³-hybridized carbons (Fsp3) is 0.229.